The first-order valence-corrected chi connectivity index (χ1v) is 7.04. The number of hydrogen-bond acceptors (Lipinski definition) is 3. The number of β-amino-alcohol motifs (C(OH)–C–C–N with tert-alkyl or cyclic N) is 1. The van der Waals surface area contributed by atoms with Gasteiger partial charge in [-0.15, -0.1) is 0 Å². The molecule has 2 N–H and O–H groups in total. The number of hydrogen-bond donors (Lipinski definition) is 2. The van der Waals surface area contributed by atoms with Crippen LogP contribution in [-0.2, 0) is 6.54 Å². The molecule has 2 unspecified atom stereocenters. The number of nitrogens with one attached hydrogen (secondary N) is 1. The maximum Gasteiger partial charge on any atom is 0.129 e. The Kier molecular flexibility index (Phi) is 4.77. The molecular formula is C15H23FN2O. The van der Waals surface area contributed by atoms with E-state index in [-0.39, 0.29) is 11.9 Å². The summed E-state index contributed by atoms with van der Waals surface area (Å²) in [5.41, 5.74) is 1.61. The van der Waals surface area contributed by atoms with Gasteiger partial charge in [-0.3, -0.25) is 0 Å². The van der Waals surface area contributed by atoms with Crippen molar-refractivity contribution in [3.8, 4) is 0 Å². The smallest absolute Gasteiger partial charge is 0.129 e. The normalized spacial score (nSPS) is 23.7. The second-order valence-corrected chi connectivity index (χ2v) is 5.30. The van der Waals surface area contributed by atoms with Crippen molar-refractivity contribution >= 4 is 5.69 Å². The van der Waals surface area contributed by atoms with Crippen LogP contribution < -0.4 is 10.2 Å². The minimum Gasteiger partial charge on any atom is -0.391 e. The summed E-state index contributed by atoms with van der Waals surface area (Å²) < 4.78 is 14.0. The molecule has 4 heteroatoms. The standard InChI is InChI=1S/C15H23FN2O/c1-3-17-9-12-13(16)5-4-6-14(12)18-8-7-11(2)15(19)10-18/h4-6,11,15,17,19H,3,7-10H2,1-2H3. The Hall–Kier alpha value is -1.13. The lowest BCUT2D eigenvalue weighted by atomic mass is 9.95. The Morgan fingerprint density at radius 3 is 2.95 bits per heavy atom. The molecule has 1 fully saturated rings. The monoisotopic (exact) mass is 266 g/mol. The van der Waals surface area contributed by atoms with Gasteiger partial charge >= 0.3 is 0 Å². The third-order valence-corrected chi connectivity index (χ3v) is 3.91. The van der Waals surface area contributed by atoms with Crippen molar-refractivity contribution in [2.24, 2.45) is 5.92 Å². The van der Waals surface area contributed by atoms with Gasteiger partial charge in [-0.2, -0.15) is 0 Å². The summed E-state index contributed by atoms with van der Waals surface area (Å²) in [5, 5.41) is 13.2. The molecule has 1 aliphatic rings. The second kappa shape index (κ2) is 6.35. The number of aliphatic hydroxyl groups excluding tert-OH is 1. The average molecular weight is 266 g/mol. The Bertz CT molecular complexity index is 425. The zero-order valence-corrected chi connectivity index (χ0v) is 11.7. The van der Waals surface area contributed by atoms with Crippen LogP contribution in [0.1, 0.15) is 25.8 Å². The van der Waals surface area contributed by atoms with Crippen molar-refractivity contribution in [1.82, 2.24) is 5.32 Å². The fourth-order valence-corrected chi connectivity index (χ4v) is 2.54. The van der Waals surface area contributed by atoms with Crippen LogP contribution in [0.3, 0.4) is 0 Å². The quantitative estimate of drug-likeness (QED) is 0.876. The van der Waals surface area contributed by atoms with Gasteiger partial charge in [0.25, 0.3) is 0 Å². The molecule has 19 heavy (non-hydrogen) atoms. The fraction of sp³-hybridized carbons (Fsp3) is 0.600. The molecule has 0 aliphatic carbocycles. The van der Waals surface area contributed by atoms with Gasteiger partial charge in [0.1, 0.15) is 5.82 Å². The van der Waals surface area contributed by atoms with Crippen LogP contribution >= 0.6 is 0 Å². The number of benzene rings is 1. The van der Waals surface area contributed by atoms with Crippen LogP contribution in [0.25, 0.3) is 0 Å². The summed E-state index contributed by atoms with van der Waals surface area (Å²) >= 11 is 0. The summed E-state index contributed by atoms with van der Waals surface area (Å²) in [6, 6.07) is 5.18. The molecule has 0 bridgehead atoms. The zero-order chi connectivity index (χ0) is 13.8. The second-order valence-electron chi connectivity index (χ2n) is 5.30. The maximum atomic E-state index is 14.0. The van der Waals surface area contributed by atoms with Crippen LogP contribution in [-0.4, -0.2) is 30.8 Å². The van der Waals surface area contributed by atoms with Gasteiger partial charge in [0, 0.05) is 30.9 Å². The molecule has 1 aromatic carbocycles. The molecule has 2 rings (SSSR count). The van der Waals surface area contributed by atoms with E-state index in [2.05, 4.69) is 17.1 Å². The van der Waals surface area contributed by atoms with Crippen molar-refractivity contribution in [1.29, 1.82) is 0 Å². The zero-order valence-electron chi connectivity index (χ0n) is 11.7. The van der Waals surface area contributed by atoms with Crippen LogP contribution in [0.5, 0.6) is 0 Å². The number of nitrogens with zero attached hydrogens (tertiary/aromatic N) is 1. The molecule has 1 aliphatic heterocycles. The first kappa shape index (κ1) is 14.3. The average Bonchev–Trinajstić information content (AvgIpc) is 2.40. The molecule has 1 aromatic rings. The van der Waals surface area contributed by atoms with Gasteiger partial charge in [0.2, 0.25) is 0 Å². The van der Waals surface area contributed by atoms with Crippen molar-refractivity contribution in [3.63, 3.8) is 0 Å². The molecule has 106 valence electrons. The number of halogens is 1. The van der Waals surface area contributed by atoms with E-state index in [0.29, 0.717) is 24.6 Å². The maximum absolute atomic E-state index is 14.0. The third-order valence-electron chi connectivity index (χ3n) is 3.91. The van der Waals surface area contributed by atoms with Crippen LogP contribution in [0.2, 0.25) is 0 Å². The Labute approximate surface area is 114 Å². The van der Waals surface area contributed by atoms with Crippen molar-refractivity contribution in [2.75, 3.05) is 24.5 Å². The highest BCUT2D eigenvalue weighted by Gasteiger charge is 2.26. The summed E-state index contributed by atoms with van der Waals surface area (Å²) in [7, 11) is 0. The Morgan fingerprint density at radius 1 is 1.47 bits per heavy atom. The minimum atomic E-state index is -0.330. The van der Waals surface area contributed by atoms with E-state index < -0.39 is 0 Å². The molecule has 0 amide bonds. The molecule has 0 saturated carbocycles. The summed E-state index contributed by atoms with van der Waals surface area (Å²) in [6.45, 7) is 6.87. The number of piperidine rings is 1. The number of aliphatic hydroxyl groups is 1. The third kappa shape index (κ3) is 3.25. The highest BCUT2D eigenvalue weighted by atomic mass is 19.1. The highest BCUT2D eigenvalue weighted by Crippen LogP contribution is 2.28. The molecule has 0 spiro atoms. The van der Waals surface area contributed by atoms with Gasteiger partial charge in [0.15, 0.2) is 0 Å². The topological polar surface area (TPSA) is 35.5 Å². The lowest BCUT2D eigenvalue weighted by Crippen LogP contribution is -2.43. The first-order valence-electron chi connectivity index (χ1n) is 7.04. The molecule has 1 saturated heterocycles. The lowest BCUT2D eigenvalue weighted by Gasteiger charge is -2.37. The van der Waals surface area contributed by atoms with E-state index >= 15 is 0 Å². The van der Waals surface area contributed by atoms with Gasteiger partial charge in [-0.25, -0.2) is 4.39 Å². The van der Waals surface area contributed by atoms with E-state index in [9.17, 15) is 9.50 Å². The molecule has 0 radical (unpaired) electrons. The van der Waals surface area contributed by atoms with E-state index in [0.717, 1.165) is 25.2 Å². The summed E-state index contributed by atoms with van der Waals surface area (Å²) in [6.07, 6.45) is 0.613. The molecule has 3 nitrogen and oxygen atoms in total. The molecule has 2 atom stereocenters. The van der Waals surface area contributed by atoms with Crippen molar-refractivity contribution < 1.29 is 9.50 Å². The SMILES string of the molecule is CCNCc1c(F)cccc1N1CCC(C)C(O)C1. The summed E-state index contributed by atoms with van der Waals surface area (Å²) in [4.78, 5) is 2.10. The molecular weight excluding hydrogens is 243 g/mol. The van der Waals surface area contributed by atoms with E-state index in [1.807, 2.05) is 13.0 Å². The van der Waals surface area contributed by atoms with E-state index in [1.54, 1.807) is 6.07 Å². The summed E-state index contributed by atoms with van der Waals surface area (Å²) in [5.74, 6) is 0.147. The lowest BCUT2D eigenvalue weighted by molar-refractivity contribution is 0.103. The van der Waals surface area contributed by atoms with Crippen molar-refractivity contribution in [3.05, 3.63) is 29.6 Å². The number of rotatable bonds is 4. The van der Waals surface area contributed by atoms with E-state index in [4.69, 9.17) is 0 Å². The minimum absolute atomic E-state index is 0.174. The Balaban J connectivity index is 2.21. The van der Waals surface area contributed by atoms with Gasteiger partial charge < -0.3 is 15.3 Å². The Morgan fingerprint density at radius 2 is 2.26 bits per heavy atom. The van der Waals surface area contributed by atoms with Gasteiger partial charge in [-0.1, -0.05) is 19.9 Å². The predicted octanol–water partition coefficient (Wildman–Crippen LogP) is 2.14. The fourth-order valence-electron chi connectivity index (χ4n) is 2.54. The first-order chi connectivity index (χ1) is 9.13. The van der Waals surface area contributed by atoms with Crippen LogP contribution in [0.4, 0.5) is 10.1 Å². The largest absolute Gasteiger partial charge is 0.391 e. The van der Waals surface area contributed by atoms with Crippen LogP contribution in [0.15, 0.2) is 18.2 Å². The van der Waals surface area contributed by atoms with Crippen molar-refractivity contribution in [2.45, 2.75) is 32.9 Å². The predicted molar refractivity (Wildman–Crippen MR) is 75.8 cm³/mol. The van der Waals surface area contributed by atoms with Crippen LogP contribution in [0, 0.1) is 11.7 Å². The number of anilines is 1. The molecule has 1 heterocycles. The highest BCUT2D eigenvalue weighted by molar-refractivity contribution is 5.54. The molecule has 0 aromatic heterocycles. The van der Waals surface area contributed by atoms with E-state index in [1.165, 1.54) is 6.07 Å². The van der Waals surface area contributed by atoms with Gasteiger partial charge in [-0.05, 0) is 31.0 Å². The van der Waals surface area contributed by atoms with Gasteiger partial charge in [0.05, 0.1) is 6.10 Å².